The van der Waals surface area contributed by atoms with Crippen molar-refractivity contribution in [3.8, 4) is 0 Å². The first-order valence-electron chi connectivity index (χ1n) is 5.65. The largest absolute Gasteiger partial charge is 0.320 e. The van der Waals surface area contributed by atoms with Crippen LogP contribution in [-0.2, 0) is 6.54 Å². The highest BCUT2D eigenvalue weighted by molar-refractivity contribution is 6.31. The van der Waals surface area contributed by atoms with Crippen molar-refractivity contribution >= 4 is 11.6 Å². The summed E-state index contributed by atoms with van der Waals surface area (Å²) in [5.41, 5.74) is 9.27. The molecule has 2 N–H and O–H groups in total. The normalized spacial score (nSPS) is 12.7. The predicted molar refractivity (Wildman–Crippen MR) is 70.1 cm³/mol. The molecular weight excluding hydrogens is 234 g/mol. The van der Waals surface area contributed by atoms with Crippen molar-refractivity contribution in [2.75, 3.05) is 0 Å². The van der Waals surface area contributed by atoms with E-state index in [9.17, 15) is 0 Å². The average Bonchev–Trinajstić information content (AvgIpc) is 2.80. The second-order valence-electron chi connectivity index (χ2n) is 4.12. The minimum atomic E-state index is -0.173. The van der Waals surface area contributed by atoms with Gasteiger partial charge < -0.3 is 5.73 Å². The van der Waals surface area contributed by atoms with E-state index in [1.165, 1.54) is 0 Å². The van der Waals surface area contributed by atoms with Crippen LogP contribution in [0.1, 0.15) is 29.7 Å². The molecule has 4 heteroatoms. The summed E-state index contributed by atoms with van der Waals surface area (Å²) in [6, 6.07) is 5.75. The fraction of sp³-hybridized carbons (Fsp3) is 0.308. The zero-order valence-corrected chi connectivity index (χ0v) is 10.8. The van der Waals surface area contributed by atoms with Crippen LogP contribution in [0.4, 0.5) is 0 Å². The molecule has 17 heavy (non-hydrogen) atoms. The van der Waals surface area contributed by atoms with E-state index in [1.807, 2.05) is 49.1 Å². The third-order valence-corrected chi connectivity index (χ3v) is 3.30. The Balaban J connectivity index is 2.29. The van der Waals surface area contributed by atoms with Crippen LogP contribution < -0.4 is 5.73 Å². The van der Waals surface area contributed by atoms with Gasteiger partial charge in [-0.3, -0.25) is 4.68 Å². The van der Waals surface area contributed by atoms with Crippen LogP contribution in [0.25, 0.3) is 0 Å². The summed E-state index contributed by atoms with van der Waals surface area (Å²) in [6.07, 6.45) is 3.78. The first kappa shape index (κ1) is 12.1. The molecule has 3 nitrogen and oxygen atoms in total. The number of hydrogen-bond acceptors (Lipinski definition) is 2. The smallest absolute Gasteiger partial charge is 0.0583 e. The molecule has 0 aliphatic heterocycles. The van der Waals surface area contributed by atoms with Gasteiger partial charge in [0.2, 0.25) is 0 Å². The monoisotopic (exact) mass is 249 g/mol. The fourth-order valence-corrected chi connectivity index (χ4v) is 1.90. The van der Waals surface area contributed by atoms with Crippen LogP contribution in [0.3, 0.4) is 0 Å². The SMILES string of the molecule is CCn1cc(C(N)c2ccc(C)c(Cl)c2)cn1. The van der Waals surface area contributed by atoms with E-state index in [4.69, 9.17) is 17.3 Å². The van der Waals surface area contributed by atoms with Gasteiger partial charge in [0, 0.05) is 23.3 Å². The number of benzene rings is 1. The molecule has 1 atom stereocenters. The van der Waals surface area contributed by atoms with Gasteiger partial charge in [-0.1, -0.05) is 23.7 Å². The molecule has 0 bridgehead atoms. The lowest BCUT2D eigenvalue weighted by Crippen LogP contribution is -2.11. The van der Waals surface area contributed by atoms with Crippen LogP contribution >= 0.6 is 11.6 Å². The van der Waals surface area contributed by atoms with E-state index in [2.05, 4.69) is 5.10 Å². The lowest BCUT2D eigenvalue weighted by atomic mass is 10.0. The van der Waals surface area contributed by atoms with Crippen LogP contribution in [0, 0.1) is 6.92 Å². The molecule has 0 spiro atoms. The molecule has 90 valence electrons. The van der Waals surface area contributed by atoms with Gasteiger partial charge >= 0.3 is 0 Å². The first-order valence-corrected chi connectivity index (χ1v) is 6.03. The number of hydrogen-bond donors (Lipinski definition) is 1. The van der Waals surface area contributed by atoms with Crippen LogP contribution in [-0.4, -0.2) is 9.78 Å². The van der Waals surface area contributed by atoms with Crippen molar-refractivity contribution in [1.29, 1.82) is 0 Å². The molecule has 0 fully saturated rings. The van der Waals surface area contributed by atoms with Crippen LogP contribution in [0.2, 0.25) is 5.02 Å². The Labute approximate surface area is 106 Å². The maximum Gasteiger partial charge on any atom is 0.0583 e. The molecule has 1 aromatic heterocycles. The Bertz CT molecular complexity index is 519. The predicted octanol–water partition coefficient (Wildman–Crippen LogP) is 2.91. The van der Waals surface area contributed by atoms with Gasteiger partial charge in [-0.2, -0.15) is 5.10 Å². The topological polar surface area (TPSA) is 43.8 Å². The number of nitrogens with two attached hydrogens (primary N) is 1. The Morgan fingerprint density at radius 3 is 2.76 bits per heavy atom. The van der Waals surface area contributed by atoms with Crippen molar-refractivity contribution < 1.29 is 0 Å². The van der Waals surface area contributed by atoms with E-state index in [0.29, 0.717) is 0 Å². The number of halogens is 1. The highest BCUT2D eigenvalue weighted by Crippen LogP contribution is 2.24. The fourth-order valence-electron chi connectivity index (χ4n) is 1.71. The maximum atomic E-state index is 6.19. The Kier molecular flexibility index (Phi) is 3.50. The molecule has 2 rings (SSSR count). The highest BCUT2D eigenvalue weighted by atomic mass is 35.5. The first-order chi connectivity index (χ1) is 8.11. The Morgan fingerprint density at radius 2 is 2.18 bits per heavy atom. The average molecular weight is 250 g/mol. The van der Waals surface area contributed by atoms with Crippen molar-refractivity contribution in [3.05, 3.63) is 52.3 Å². The van der Waals surface area contributed by atoms with E-state index < -0.39 is 0 Å². The van der Waals surface area contributed by atoms with E-state index in [1.54, 1.807) is 0 Å². The standard InChI is InChI=1S/C13H16ClN3/c1-3-17-8-11(7-16-17)13(15)10-5-4-9(2)12(14)6-10/h4-8,13H,3,15H2,1-2H3. The zero-order chi connectivity index (χ0) is 12.4. The Hall–Kier alpha value is -1.32. The number of rotatable bonds is 3. The maximum absolute atomic E-state index is 6.19. The van der Waals surface area contributed by atoms with Crippen molar-refractivity contribution in [2.24, 2.45) is 5.73 Å². The molecule has 0 saturated heterocycles. The summed E-state index contributed by atoms with van der Waals surface area (Å²) >= 11 is 6.10. The van der Waals surface area contributed by atoms with E-state index in [-0.39, 0.29) is 6.04 Å². The van der Waals surface area contributed by atoms with Gasteiger partial charge in [-0.15, -0.1) is 0 Å². The highest BCUT2D eigenvalue weighted by Gasteiger charge is 2.11. The van der Waals surface area contributed by atoms with Crippen LogP contribution in [0.5, 0.6) is 0 Å². The zero-order valence-electron chi connectivity index (χ0n) is 10.0. The third-order valence-electron chi connectivity index (χ3n) is 2.89. The molecule has 1 aromatic carbocycles. The summed E-state index contributed by atoms with van der Waals surface area (Å²) in [6.45, 7) is 4.87. The van der Waals surface area contributed by atoms with Gasteiger partial charge in [0.1, 0.15) is 0 Å². The van der Waals surface area contributed by atoms with Crippen LogP contribution in [0.15, 0.2) is 30.6 Å². The quantitative estimate of drug-likeness (QED) is 0.909. The van der Waals surface area contributed by atoms with E-state index >= 15 is 0 Å². The lowest BCUT2D eigenvalue weighted by molar-refractivity contribution is 0.658. The molecule has 1 unspecified atom stereocenters. The van der Waals surface area contributed by atoms with Gasteiger partial charge in [-0.05, 0) is 31.0 Å². The van der Waals surface area contributed by atoms with Gasteiger partial charge in [0.25, 0.3) is 0 Å². The molecule has 0 aliphatic rings. The second kappa shape index (κ2) is 4.90. The molecule has 1 heterocycles. The van der Waals surface area contributed by atoms with Gasteiger partial charge in [0.05, 0.1) is 12.2 Å². The number of aryl methyl sites for hydroxylation is 2. The molecular formula is C13H16ClN3. The molecule has 0 saturated carbocycles. The Morgan fingerprint density at radius 1 is 1.41 bits per heavy atom. The summed E-state index contributed by atoms with van der Waals surface area (Å²) in [7, 11) is 0. The molecule has 0 radical (unpaired) electrons. The summed E-state index contributed by atoms with van der Waals surface area (Å²) in [5, 5.41) is 4.98. The molecule has 0 aliphatic carbocycles. The van der Waals surface area contributed by atoms with Gasteiger partial charge in [0.15, 0.2) is 0 Å². The second-order valence-corrected chi connectivity index (χ2v) is 4.52. The van der Waals surface area contributed by atoms with Crippen molar-refractivity contribution in [3.63, 3.8) is 0 Å². The minimum absolute atomic E-state index is 0.173. The minimum Gasteiger partial charge on any atom is -0.320 e. The number of aromatic nitrogens is 2. The number of nitrogens with zero attached hydrogens (tertiary/aromatic N) is 2. The van der Waals surface area contributed by atoms with Crippen molar-refractivity contribution in [1.82, 2.24) is 9.78 Å². The summed E-state index contributed by atoms with van der Waals surface area (Å²) < 4.78 is 1.87. The molecule has 0 amide bonds. The van der Waals surface area contributed by atoms with E-state index in [0.717, 1.165) is 28.3 Å². The lowest BCUT2D eigenvalue weighted by Gasteiger charge is -2.11. The third kappa shape index (κ3) is 2.51. The van der Waals surface area contributed by atoms with Gasteiger partial charge in [-0.25, -0.2) is 0 Å². The summed E-state index contributed by atoms with van der Waals surface area (Å²) in [5.74, 6) is 0. The summed E-state index contributed by atoms with van der Waals surface area (Å²) in [4.78, 5) is 0. The van der Waals surface area contributed by atoms with Crippen molar-refractivity contribution in [2.45, 2.75) is 26.4 Å². The molecule has 2 aromatic rings.